The summed E-state index contributed by atoms with van der Waals surface area (Å²) < 4.78 is 0. The quantitative estimate of drug-likeness (QED) is 0.311. The second kappa shape index (κ2) is 6.16. The van der Waals surface area contributed by atoms with Crippen molar-refractivity contribution in [3.63, 3.8) is 0 Å². The lowest BCUT2D eigenvalue weighted by atomic mass is 9.97. The molecule has 0 bridgehead atoms. The molecule has 4 aromatic heterocycles. The van der Waals surface area contributed by atoms with Gasteiger partial charge in [-0.25, -0.2) is 0 Å². The van der Waals surface area contributed by atoms with Crippen molar-refractivity contribution in [2.75, 3.05) is 0 Å². The molecule has 0 radical (unpaired) electrons. The highest BCUT2D eigenvalue weighted by molar-refractivity contribution is 7.28. The molecule has 5 rings (SSSR count). The predicted molar refractivity (Wildman–Crippen MR) is 121 cm³/mol. The van der Waals surface area contributed by atoms with Gasteiger partial charge in [-0.3, -0.25) is 0 Å². The molecule has 0 amide bonds. The molecule has 26 heavy (non-hydrogen) atoms. The molecule has 0 unspecified atom stereocenters. The molecule has 1 aliphatic rings. The van der Waals surface area contributed by atoms with Gasteiger partial charge in [0.05, 0.1) is 0 Å². The third-order valence-electron chi connectivity index (χ3n) is 5.16. The summed E-state index contributed by atoms with van der Waals surface area (Å²) in [6, 6.07) is 9.57. The molecule has 0 aliphatic heterocycles. The van der Waals surface area contributed by atoms with Crippen LogP contribution in [0.3, 0.4) is 0 Å². The van der Waals surface area contributed by atoms with Crippen LogP contribution in [-0.2, 0) is 12.8 Å². The lowest BCUT2D eigenvalue weighted by Crippen LogP contribution is -1.96. The number of hydrogen-bond donors (Lipinski definition) is 0. The Bertz CT molecular complexity index is 1110. The summed E-state index contributed by atoms with van der Waals surface area (Å²) in [6.07, 6.45) is 2.39. The van der Waals surface area contributed by atoms with Crippen molar-refractivity contribution in [2.45, 2.75) is 40.5 Å². The van der Waals surface area contributed by atoms with Gasteiger partial charge in [0.25, 0.3) is 0 Å². The summed E-state index contributed by atoms with van der Waals surface area (Å²) in [7, 11) is 0. The Morgan fingerprint density at radius 2 is 1.19 bits per heavy atom. The van der Waals surface area contributed by atoms with Crippen LogP contribution in [0.5, 0.6) is 0 Å². The van der Waals surface area contributed by atoms with Gasteiger partial charge in [-0.05, 0) is 87.1 Å². The van der Waals surface area contributed by atoms with Crippen molar-refractivity contribution in [1.29, 1.82) is 0 Å². The zero-order valence-electron chi connectivity index (χ0n) is 15.4. The zero-order chi connectivity index (χ0) is 18.0. The highest BCUT2D eigenvalue weighted by Gasteiger charge is 2.23. The first-order valence-corrected chi connectivity index (χ1v) is 12.2. The van der Waals surface area contributed by atoms with Gasteiger partial charge in [-0.15, -0.1) is 45.3 Å². The monoisotopic (exact) mass is 412 g/mol. The first kappa shape index (κ1) is 16.9. The maximum Gasteiger partial charge on any atom is 0.0484 e. The molecule has 4 aromatic rings. The van der Waals surface area contributed by atoms with Gasteiger partial charge < -0.3 is 0 Å². The van der Waals surface area contributed by atoms with E-state index in [4.69, 9.17) is 0 Å². The summed E-state index contributed by atoms with van der Waals surface area (Å²) in [5, 5.41) is 0. The van der Waals surface area contributed by atoms with Crippen molar-refractivity contribution < 1.29 is 0 Å². The molecule has 0 spiro atoms. The molecule has 4 heterocycles. The maximum absolute atomic E-state index is 2.46. The molecule has 132 valence electrons. The van der Waals surface area contributed by atoms with E-state index in [9.17, 15) is 0 Å². The van der Waals surface area contributed by atoms with E-state index in [-0.39, 0.29) is 0 Å². The summed E-state index contributed by atoms with van der Waals surface area (Å²) in [4.78, 5) is 11.7. The second-order valence-corrected chi connectivity index (χ2v) is 11.8. The van der Waals surface area contributed by atoms with Gasteiger partial charge in [0.2, 0.25) is 0 Å². The lowest BCUT2D eigenvalue weighted by molar-refractivity contribution is 0.957. The van der Waals surface area contributed by atoms with Crippen LogP contribution in [0.4, 0.5) is 0 Å². The van der Waals surface area contributed by atoms with Crippen molar-refractivity contribution in [1.82, 2.24) is 0 Å². The fourth-order valence-electron chi connectivity index (χ4n) is 3.68. The predicted octanol–water partition coefficient (Wildman–Crippen LogP) is 8.27. The second-order valence-electron chi connectivity index (χ2n) is 7.15. The van der Waals surface area contributed by atoms with E-state index in [0.717, 1.165) is 0 Å². The Hall–Kier alpha value is -1.20. The Morgan fingerprint density at radius 3 is 1.92 bits per heavy atom. The van der Waals surface area contributed by atoms with Gasteiger partial charge >= 0.3 is 0 Å². The van der Waals surface area contributed by atoms with Gasteiger partial charge in [0.15, 0.2) is 0 Å². The van der Waals surface area contributed by atoms with Crippen LogP contribution in [0, 0.1) is 27.7 Å². The van der Waals surface area contributed by atoms with E-state index in [1.54, 1.807) is 11.1 Å². The van der Waals surface area contributed by atoms with Gasteiger partial charge in [0, 0.05) is 39.0 Å². The minimum absolute atomic E-state index is 1.19. The van der Waals surface area contributed by atoms with Crippen LogP contribution in [0.15, 0.2) is 24.3 Å². The first-order valence-electron chi connectivity index (χ1n) is 8.90. The molecule has 4 heteroatoms. The highest BCUT2D eigenvalue weighted by atomic mass is 32.1. The fourth-order valence-corrected chi connectivity index (χ4v) is 8.59. The summed E-state index contributed by atoms with van der Waals surface area (Å²) >= 11 is 7.85. The van der Waals surface area contributed by atoms with Crippen LogP contribution in [0.2, 0.25) is 0 Å². The Morgan fingerprint density at radius 1 is 0.577 bits per heavy atom. The van der Waals surface area contributed by atoms with E-state index in [1.165, 1.54) is 63.0 Å². The Balaban J connectivity index is 1.59. The molecule has 1 aliphatic carbocycles. The standard InChI is InChI=1S/C22H20S4/c1-11-7-17(24-14(11)4)18-8-12(2)20(25-18)19-10-16-6-5-15-9-13(3)23-21(15)22(16)26-19/h7-10H,5-6H2,1-4H3. The summed E-state index contributed by atoms with van der Waals surface area (Å²) in [6.45, 7) is 8.93. The molecule has 0 N–H and O–H groups in total. The smallest absolute Gasteiger partial charge is 0.0484 e. The highest BCUT2D eigenvalue weighted by Crippen LogP contribution is 2.49. The average molecular weight is 413 g/mol. The fraction of sp³-hybridized carbons (Fsp3) is 0.273. The molecular weight excluding hydrogens is 393 g/mol. The first-order chi connectivity index (χ1) is 12.5. The molecule has 0 atom stereocenters. The number of hydrogen-bond acceptors (Lipinski definition) is 4. The van der Waals surface area contributed by atoms with Gasteiger partial charge in [-0.1, -0.05) is 0 Å². The van der Waals surface area contributed by atoms with Crippen LogP contribution >= 0.6 is 45.3 Å². The van der Waals surface area contributed by atoms with Crippen molar-refractivity contribution in [3.8, 4) is 29.3 Å². The van der Waals surface area contributed by atoms with E-state index < -0.39 is 0 Å². The van der Waals surface area contributed by atoms with Crippen LogP contribution in [0.1, 0.15) is 32.0 Å². The lowest BCUT2D eigenvalue weighted by Gasteiger charge is -2.10. The third kappa shape index (κ3) is 2.66. The van der Waals surface area contributed by atoms with Crippen molar-refractivity contribution >= 4 is 45.3 Å². The third-order valence-corrected chi connectivity index (χ3v) is 10.4. The Kier molecular flexibility index (Phi) is 4.02. The molecule has 0 nitrogen and oxygen atoms in total. The van der Waals surface area contributed by atoms with Crippen molar-refractivity contribution in [2.24, 2.45) is 0 Å². The van der Waals surface area contributed by atoms with E-state index >= 15 is 0 Å². The van der Waals surface area contributed by atoms with E-state index in [1.807, 2.05) is 45.3 Å². The normalized spacial score (nSPS) is 13.1. The van der Waals surface area contributed by atoms with Crippen LogP contribution in [-0.4, -0.2) is 0 Å². The van der Waals surface area contributed by atoms with Gasteiger partial charge in [0.1, 0.15) is 0 Å². The molecule has 0 fully saturated rings. The molecule has 0 saturated heterocycles. The average Bonchev–Trinajstić information content (AvgIpc) is 3.32. The number of fused-ring (bicyclic) bond motifs is 3. The largest absolute Gasteiger partial charge is 0.139 e. The van der Waals surface area contributed by atoms with Crippen LogP contribution < -0.4 is 0 Å². The summed E-state index contributed by atoms with van der Waals surface area (Å²) in [5.74, 6) is 0. The number of thiophene rings is 4. The minimum Gasteiger partial charge on any atom is -0.139 e. The topological polar surface area (TPSA) is 0 Å². The Labute approximate surface area is 170 Å². The number of aryl methyl sites for hydroxylation is 6. The molecular formula is C22H20S4. The maximum atomic E-state index is 2.46. The number of rotatable bonds is 2. The molecule has 0 saturated carbocycles. The molecule has 0 aromatic carbocycles. The van der Waals surface area contributed by atoms with Gasteiger partial charge in [-0.2, -0.15) is 0 Å². The SMILES string of the molecule is Cc1cc2c(s1)-c1sc(-c3sc(-c4cc(C)c(C)s4)cc3C)cc1CC2. The van der Waals surface area contributed by atoms with E-state index in [2.05, 4.69) is 52.0 Å². The van der Waals surface area contributed by atoms with Crippen molar-refractivity contribution in [3.05, 3.63) is 56.3 Å². The van der Waals surface area contributed by atoms with Crippen LogP contribution in [0.25, 0.3) is 29.3 Å². The minimum atomic E-state index is 1.19. The summed E-state index contributed by atoms with van der Waals surface area (Å²) in [5.41, 5.74) is 5.93. The van der Waals surface area contributed by atoms with E-state index in [0.29, 0.717) is 0 Å². The zero-order valence-corrected chi connectivity index (χ0v) is 18.6.